The Balaban J connectivity index is 1.94. The van der Waals surface area contributed by atoms with Crippen LogP contribution in [-0.2, 0) is 4.74 Å². The molecule has 1 spiro atoms. The maximum atomic E-state index is 8.90. The van der Waals surface area contributed by atoms with Crippen molar-refractivity contribution in [1.29, 1.82) is 0 Å². The molecule has 0 aromatic carbocycles. The quantitative estimate of drug-likeness (QED) is 0.751. The van der Waals surface area contributed by atoms with Crippen molar-refractivity contribution < 1.29 is 9.84 Å². The van der Waals surface area contributed by atoms with Crippen LogP contribution < -0.4 is 5.32 Å². The second kappa shape index (κ2) is 5.48. The van der Waals surface area contributed by atoms with E-state index in [1.54, 1.807) is 0 Å². The van der Waals surface area contributed by atoms with Gasteiger partial charge in [-0.3, -0.25) is 0 Å². The predicted octanol–water partition coefficient (Wildman–Crippen LogP) is 1.70. The molecule has 0 aromatic heterocycles. The minimum absolute atomic E-state index is 0.242. The molecule has 2 saturated carbocycles. The average molecular weight is 227 g/mol. The van der Waals surface area contributed by atoms with Crippen molar-refractivity contribution in [2.45, 2.75) is 57.6 Å². The van der Waals surface area contributed by atoms with Gasteiger partial charge in [-0.25, -0.2) is 0 Å². The van der Waals surface area contributed by atoms with Crippen LogP contribution in [0, 0.1) is 5.41 Å². The van der Waals surface area contributed by atoms with E-state index >= 15 is 0 Å². The number of ether oxygens (including phenoxy) is 1. The lowest BCUT2D eigenvalue weighted by molar-refractivity contribution is -0.150. The third kappa shape index (κ3) is 2.13. The van der Waals surface area contributed by atoms with E-state index in [9.17, 15) is 0 Å². The lowest BCUT2D eigenvalue weighted by atomic mass is 9.55. The molecule has 2 rings (SSSR count). The van der Waals surface area contributed by atoms with Gasteiger partial charge < -0.3 is 15.2 Å². The molecule has 0 amide bonds. The van der Waals surface area contributed by atoms with Crippen LogP contribution in [0.2, 0.25) is 0 Å². The summed E-state index contributed by atoms with van der Waals surface area (Å²) in [5, 5.41) is 12.4. The smallest absolute Gasteiger partial charge is 0.0661 e. The summed E-state index contributed by atoms with van der Waals surface area (Å²) < 4.78 is 5.88. The standard InChI is InChI=1S/C13H25NO2/c1-2-16-12-10-11(14-8-9-15)13(12)6-4-3-5-7-13/h11-12,14-15H,2-10H2,1H3. The van der Waals surface area contributed by atoms with E-state index in [0.717, 1.165) is 19.6 Å². The molecule has 16 heavy (non-hydrogen) atoms. The van der Waals surface area contributed by atoms with Gasteiger partial charge in [0.05, 0.1) is 12.7 Å². The molecule has 0 radical (unpaired) electrons. The van der Waals surface area contributed by atoms with Gasteiger partial charge in [0.2, 0.25) is 0 Å². The molecule has 2 N–H and O–H groups in total. The Kier molecular flexibility index (Phi) is 4.22. The highest BCUT2D eigenvalue weighted by molar-refractivity contribution is 5.08. The van der Waals surface area contributed by atoms with E-state index in [-0.39, 0.29) is 6.61 Å². The van der Waals surface area contributed by atoms with Crippen molar-refractivity contribution in [3.63, 3.8) is 0 Å². The molecule has 2 fully saturated rings. The van der Waals surface area contributed by atoms with Crippen LogP contribution in [0.4, 0.5) is 0 Å². The van der Waals surface area contributed by atoms with E-state index in [1.807, 2.05) is 0 Å². The predicted molar refractivity (Wildman–Crippen MR) is 64.4 cm³/mol. The van der Waals surface area contributed by atoms with Crippen LogP contribution in [0.1, 0.15) is 45.4 Å². The first-order valence-electron chi connectivity index (χ1n) is 6.79. The summed E-state index contributed by atoms with van der Waals surface area (Å²) >= 11 is 0. The number of aliphatic hydroxyl groups excluding tert-OH is 1. The van der Waals surface area contributed by atoms with E-state index in [4.69, 9.17) is 9.84 Å². The molecular weight excluding hydrogens is 202 g/mol. The maximum Gasteiger partial charge on any atom is 0.0661 e. The van der Waals surface area contributed by atoms with Gasteiger partial charge in [-0.2, -0.15) is 0 Å². The summed E-state index contributed by atoms with van der Waals surface area (Å²) in [6, 6.07) is 0.580. The van der Waals surface area contributed by atoms with Gasteiger partial charge in [0, 0.05) is 24.6 Å². The molecule has 3 heteroatoms. The molecule has 0 aromatic rings. The minimum Gasteiger partial charge on any atom is -0.395 e. The minimum atomic E-state index is 0.242. The molecular formula is C13H25NO2. The van der Waals surface area contributed by atoms with E-state index in [2.05, 4.69) is 12.2 Å². The Labute approximate surface area is 98.6 Å². The summed E-state index contributed by atoms with van der Waals surface area (Å²) in [6.45, 7) is 3.89. The fourth-order valence-electron chi connectivity index (χ4n) is 3.59. The fraction of sp³-hybridized carbons (Fsp3) is 1.00. The van der Waals surface area contributed by atoms with Crippen molar-refractivity contribution >= 4 is 0 Å². The highest BCUT2D eigenvalue weighted by Gasteiger charge is 2.55. The molecule has 0 aliphatic heterocycles. The topological polar surface area (TPSA) is 41.5 Å². The van der Waals surface area contributed by atoms with Gasteiger partial charge >= 0.3 is 0 Å². The van der Waals surface area contributed by atoms with Gasteiger partial charge in [-0.1, -0.05) is 19.3 Å². The Morgan fingerprint density at radius 2 is 2.06 bits per heavy atom. The van der Waals surface area contributed by atoms with Crippen LogP contribution in [-0.4, -0.2) is 37.0 Å². The average Bonchev–Trinajstić information content (AvgIpc) is 2.34. The number of hydrogen-bond donors (Lipinski definition) is 2. The lowest BCUT2D eigenvalue weighted by Crippen LogP contribution is -2.64. The summed E-state index contributed by atoms with van der Waals surface area (Å²) in [6.07, 6.45) is 8.29. The first kappa shape index (κ1) is 12.3. The number of rotatable bonds is 5. The van der Waals surface area contributed by atoms with Crippen LogP contribution >= 0.6 is 0 Å². The SMILES string of the molecule is CCOC1CC(NCCO)C12CCCCC2. The van der Waals surface area contributed by atoms with Gasteiger partial charge in [0.1, 0.15) is 0 Å². The Bertz CT molecular complexity index is 214. The third-order valence-electron chi connectivity index (χ3n) is 4.44. The number of hydrogen-bond acceptors (Lipinski definition) is 3. The third-order valence-corrected chi connectivity index (χ3v) is 4.44. The molecule has 3 nitrogen and oxygen atoms in total. The zero-order valence-electron chi connectivity index (χ0n) is 10.4. The molecule has 0 saturated heterocycles. The normalized spacial score (nSPS) is 32.6. The van der Waals surface area contributed by atoms with Crippen LogP contribution in [0.3, 0.4) is 0 Å². The molecule has 2 atom stereocenters. The summed E-state index contributed by atoms with van der Waals surface area (Å²) in [5.41, 5.74) is 0.392. The van der Waals surface area contributed by atoms with E-state index < -0.39 is 0 Å². The molecule has 0 bridgehead atoms. The first-order valence-corrected chi connectivity index (χ1v) is 6.79. The largest absolute Gasteiger partial charge is 0.395 e. The molecule has 2 aliphatic rings. The first-order chi connectivity index (χ1) is 7.83. The van der Waals surface area contributed by atoms with Crippen molar-refractivity contribution in [2.24, 2.45) is 5.41 Å². The van der Waals surface area contributed by atoms with Crippen molar-refractivity contribution in [3.8, 4) is 0 Å². The van der Waals surface area contributed by atoms with Crippen molar-refractivity contribution in [3.05, 3.63) is 0 Å². The van der Waals surface area contributed by atoms with E-state index in [1.165, 1.54) is 32.1 Å². The van der Waals surface area contributed by atoms with Crippen LogP contribution in [0.5, 0.6) is 0 Å². The Morgan fingerprint density at radius 1 is 1.31 bits per heavy atom. The lowest BCUT2D eigenvalue weighted by Gasteiger charge is -2.58. The van der Waals surface area contributed by atoms with Gasteiger partial charge in [0.25, 0.3) is 0 Å². The second-order valence-corrected chi connectivity index (χ2v) is 5.20. The van der Waals surface area contributed by atoms with Gasteiger partial charge in [0.15, 0.2) is 0 Å². The molecule has 2 unspecified atom stereocenters. The van der Waals surface area contributed by atoms with Gasteiger partial charge in [-0.05, 0) is 26.2 Å². The Morgan fingerprint density at radius 3 is 2.69 bits per heavy atom. The zero-order valence-corrected chi connectivity index (χ0v) is 10.4. The van der Waals surface area contributed by atoms with E-state index in [0.29, 0.717) is 17.6 Å². The summed E-state index contributed by atoms with van der Waals surface area (Å²) in [4.78, 5) is 0. The fourth-order valence-corrected chi connectivity index (χ4v) is 3.59. The monoisotopic (exact) mass is 227 g/mol. The van der Waals surface area contributed by atoms with Crippen molar-refractivity contribution in [1.82, 2.24) is 5.32 Å². The zero-order chi connectivity index (χ0) is 11.4. The van der Waals surface area contributed by atoms with Gasteiger partial charge in [-0.15, -0.1) is 0 Å². The highest BCUT2D eigenvalue weighted by Crippen LogP contribution is 2.53. The highest BCUT2D eigenvalue weighted by atomic mass is 16.5. The Hall–Kier alpha value is -0.120. The second-order valence-electron chi connectivity index (χ2n) is 5.20. The number of nitrogens with one attached hydrogen (secondary N) is 1. The molecule has 0 heterocycles. The van der Waals surface area contributed by atoms with Crippen LogP contribution in [0.25, 0.3) is 0 Å². The summed E-state index contributed by atoms with van der Waals surface area (Å²) in [5.74, 6) is 0. The maximum absolute atomic E-state index is 8.90. The number of aliphatic hydroxyl groups is 1. The summed E-state index contributed by atoms with van der Waals surface area (Å²) in [7, 11) is 0. The van der Waals surface area contributed by atoms with Crippen LogP contribution in [0.15, 0.2) is 0 Å². The van der Waals surface area contributed by atoms with Crippen molar-refractivity contribution in [2.75, 3.05) is 19.8 Å². The molecule has 2 aliphatic carbocycles. The molecule has 94 valence electrons.